The number of piperidine rings is 4. The minimum absolute atomic E-state index is 0.0159. The molecule has 4 aromatic heterocycles. The Morgan fingerprint density at radius 1 is 0.290 bits per heavy atom. The summed E-state index contributed by atoms with van der Waals surface area (Å²) in [4.78, 5) is 114. The van der Waals surface area contributed by atoms with Crippen LogP contribution in [0.1, 0.15) is 266 Å². The summed E-state index contributed by atoms with van der Waals surface area (Å²) in [7, 11) is 0. The zero-order valence-electron chi connectivity index (χ0n) is 69.3. The van der Waals surface area contributed by atoms with Crippen LogP contribution in [0.3, 0.4) is 0 Å². The predicted octanol–water partition coefficient (Wildman–Crippen LogP) is 15.3. The number of rotatable bonds is 12. The molecule has 0 unspecified atom stereocenters. The lowest BCUT2D eigenvalue weighted by atomic mass is 9.86. The maximum atomic E-state index is 13.4. The number of hydrogen-bond acceptors (Lipinski definition) is 12. The Hall–Kier alpha value is -11.4. The van der Waals surface area contributed by atoms with Gasteiger partial charge in [-0.3, -0.25) is 58.8 Å². The molecule has 4 saturated heterocycles. The SMILES string of the molecule is CCC(=O)N1CCCc2[nH]nc(C(=O)N3CCC(c4ccccc4C(F)(F)F)CC3)c2C1.CCC(=O)N1CCc2[nH]nc(C(=O)N3CCC(c4ccccc4C(F)(F)F)CC3)c2C1.CCC(=O)N1CCc2c(C(=O)N3CCC(c4ccccc4C(F)(F)F)CC3)n[nH]c2C1.CCC(=O)N1Cc2[nH]nc(C(=O)N3CCC(c4ccccc4C(F)(F)F)CC3)c2C1. The molecule has 0 bridgehead atoms. The molecule has 16 rings (SSSR count). The van der Waals surface area contributed by atoms with Crippen LogP contribution in [0.2, 0.25) is 0 Å². The van der Waals surface area contributed by atoms with E-state index in [4.69, 9.17) is 0 Å². The standard InChI is InChI=1S/C23H27F3N4O2.2C22H25F3N4O2.C21H23F3N4O2/c1-2-20(31)30-11-5-8-19-17(14-30)21(28-27-19)22(32)29-12-9-15(10-13-29)16-6-3-4-7-18(16)23(24,25)26;1-2-19(30)29-12-9-18-16(13-29)20(27-26-18)21(31)28-10-7-14(8-11-28)15-5-3-4-6-17(15)22(23,24)25;1-2-19(30)29-12-9-16-18(13-29)26-27-20(16)21(31)28-10-7-14(8-11-28)15-5-3-4-6-17(15)22(23,24)25;1-2-18(29)28-11-15-17(12-28)25-26-19(15)20(30)27-9-7-13(8-10-27)14-5-3-4-6-16(14)21(22,23)24/h3-4,6-7,15H,2,5,8-14H2,1H3,(H,27,28);2*3-6,14H,2,7-13H2,1H3,(H,26,27);3-6,13H,2,7-12H2,1H3,(H,25,26). The fraction of sp³-hybridized carbons (Fsp3) is 0.500. The second kappa shape index (κ2) is 38.4. The number of fused-ring (bicyclic) bond motifs is 4. The molecule has 0 atom stereocenters. The smallest absolute Gasteiger partial charge is 0.338 e. The molecule has 12 heterocycles. The number of likely N-dealkylation sites (tertiary alicyclic amines) is 4. The van der Waals surface area contributed by atoms with Crippen molar-refractivity contribution in [3.05, 3.63) is 209 Å². The van der Waals surface area contributed by atoms with Crippen molar-refractivity contribution in [1.82, 2.24) is 80.0 Å². The summed E-state index contributed by atoms with van der Waals surface area (Å²) in [6.07, 6.45) is -9.46. The van der Waals surface area contributed by atoms with Crippen LogP contribution in [-0.4, -0.2) is 199 Å². The van der Waals surface area contributed by atoms with Crippen LogP contribution in [0.4, 0.5) is 52.7 Å². The molecule has 8 aromatic rings. The predicted molar refractivity (Wildman–Crippen MR) is 429 cm³/mol. The fourth-order valence-electron chi connectivity index (χ4n) is 18.3. The molecule has 4 aromatic carbocycles. The van der Waals surface area contributed by atoms with Gasteiger partial charge in [0.2, 0.25) is 23.6 Å². The third-order valence-corrected chi connectivity index (χ3v) is 25.1. The van der Waals surface area contributed by atoms with Crippen molar-refractivity contribution in [3.63, 3.8) is 0 Å². The van der Waals surface area contributed by atoms with Gasteiger partial charge < -0.3 is 39.2 Å². The third-order valence-electron chi connectivity index (χ3n) is 25.1. The van der Waals surface area contributed by atoms with Gasteiger partial charge in [0.25, 0.3) is 23.6 Å². The summed E-state index contributed by atoms with van der Waals surface area (Å²) in [5.74, 6) is -1.69. The lowest BCUT2D eigenvalue weighted by molar-refractivity contribution is -0.139. The van der Waals surface area contributed by atoms with E-state index in [-0.39, 0.29) is 70.9 Å². The van der Waals surface area contributed by atoms with Crippen LogP contribution in [0.25, 0.3) is 0 Å². The summed E-state index contributed by atoms with van der Waals surface area (Å²) in [6, 6.07) is 22.7. The number of nitrogens with one attached hydrogen (secondary N) is 4. The molecule has 0 radical (unpaired) electrons. The van der Waals surface area contributed by atoms with E-state index >= 15 is 0 Å². The zero-order valence-corrected chi connectivity index (χ0v) is 69.3. The van der Waals surface area contributed by atoms with E-state index in [1.54, 1.807) is 83.4 Å². The van der Waals surface area contributed by atoms with Gasteiger partial charge in [-0.25, -0.2) is 0 Å². The lowest BCUT2D eigenvalue weighted by Gasteiger charge is -2.33. The number of halogens is 12. The molecule has 36 heteroatoms. The van der Waals surface area contributed by atoms with E-state index in [2.05, 4.69) is 40.8 Å². The average molecular weight is 1740 g/mol. The molecule has 0 spiro atoms. The van der Waals surface area contributed by atoms with Crippen molar-refractivity contribution in [1.29, 1.82) is 0 Å². The summed E-state index contributed by atoms with van der Waals surface area (Å²) >= 11 is 0. The van der Waals surface area contributed by atoms with Gasteiger partial charge in [-0.15, -0.1) is 0 Å². The number of amides is 8. The second-order valence-corrected chi connectivity index (χ2v) is 32.4. The third kappa shape index (κ3) is 20.2. The van der Waals surface area contributed by atoms with E-state index in [1.807, 2.05) is 13.8 Å². The molecule has 8 aliphatic rings. The van der Waals surface area contributed by atoms with E-state index in [1.165, 1.54) is 42.5 Å². The number of benzene rings is 4. The Balaban J connectivity index is 0.000000142. The molecule has 4 fully saturated rings. The zero-order chi connectivity index (χ0) is 88.7. The molecule has 0 aliphatic carbocycles. The van der Waals surface area contributed by atoms with Gasteiger partial charge in [0.1, 0.15) is 0 Å². The van der Waals surface area contributed by atoms with Gasteiger partial charge in [0.15, 0.2) is 22.8 Å². The normalized spacial score (nSPS) is 17.5. The van der Waals surface area contributed by atoms with Gasteiger partial charge in [-0.1, -0.05) is 100 Å². The summed E-state index contributed by atoms with van der Waals surface area (Å²) < 4.78 is 160. The molecule has 0 saturated carbocycles. The minimum Gasteiger partial charge on any atom is -0.338 e. The summed E-state index contributed by atoms with van der Waals surface area (Å²) in [5, 5.41) is 28.5. The Morgan fingerprint density at radius 2 is 0.532 bits per heavy atom. The van der Waals surface area contributed by atoms with Crippen LogP contribution in [0, 0.1) is 0 Å². The van der Waals surface area contributed by atoms with Crippen LogP contribution in [-0.2, 0) is 95.9 Å². The first-order valence-electron chi connectivity index (χ1n) is 42.3. The number of aromatic nitrogens is 8. The van der Waals surface area contributed by atoms with Crippen molar-refractivity contribution >= 4 is 47.3 Å². The minimum atomic E-state index is -4.39. The van der Waals surface area contributed by atoms with Gasteiger partial charge in [0.05, 0.1) is 53.3 Å². The van der Waals surface area contributed by atoms with Crippen molar-refractivity contribution in [2.24, 2.45) is 0 Å². The van der Waals surface area contributed by atoms with Crippen LogP contribution < -0.4 is 0 Å². The average Bonchev–Trinajstić information content (AvgIpc) is 1.53. The molecule has 8 amide bonds. The highest BCUT2D eigenvalue weighted by atomic mass is 19.4. The molecule has 664 valence electrons. The van der Waals surface area contributed by atoms with Crippen LogP contribution in [0.15, 0.2) is 97.1 Å². The van der Waals surface area contributed by atoms with Gasteiger partial charge in [0, 0.05) is 151 Å². The maximum Gasteiger partial charge on any atom is 0.416 e. The second-order valence-electron chi connectivity index (χ2n) is 32.4. The molecular formula is C88H100F12N16O8. The van der Waals surface area contributed by atoms with E-state index in [0.717, 1.165) is 82.1 Å². The maximum absolute atomic E-state index is 13.4. The number of carbonyl (C=O) groups excluding carboxylic acids is 8. The number of alkyl halides is 12. The molecule has 8 aliphatic heterocycles. The highest BCUT2D eigenvalue weighted by molar-refractivity contribution is 5.96. The molecular weight excluding hydrogens is 1640 g/mol. The first kappa shape index (κ1) is 90.4. The number of hydrogen-bond donors (Lipinski definition) is 4. The highest BCUT2D eigenvalue weighted by Gasteiger charge is 2.44. The molecule has 24 nitrogen and oxygen atoms in total. The number of aromatic amines is 4. The van der Waals surface area contributed by atoms with E-state index in [0.29, 0.717) is 240 Å². The van der Waals surface area contributed by atoms with Crippen LogP contribution >= 0.6 is 0 Å². The largest absolute Gasteiger partial charge is 0.416 e. The Labute approximate surface area is 708 Å². The van der Waals surface area contributed by atoms with Crippen molar-refractivity contribution in [2.45, 2.75) is 212 Å². The van der Waals surface area contributed by atoms with Crippen molar-refractivity contribution < 1.29 is 91.0 Å². The quantitative estimate of drug-likeness (QED) is 0.0831. The van der Waals surface area contributed by atoms with Gasteiger partial charge in [-0.05, 0) is 141 Å². The Morgan fingerprint density at radius 3 is 0.855 bits per heavy atom. The number of nitrogens with zero attached hydrogens (tertiary/aromatic N) is 12. The Bertz CT molecular complexity index is 5170. The van der Waals surface area contributed by atoms with E-state index in [9.17, 15) is 91.0 Å². The molecule has 124 heavy (non-hydrogen) atoms. The fourth-order valence-corrected chi connectivity index (χ4v) is 18.3. The number of aryl methyl sites for hydroxylation is 1. The van der Waals surface area contributed by atoms with Gasteiger partial charge in [-0.2, -0.15) is 73.1 Å². The Kier molecular flexibility index (Phi) is 28.0. The molecule has 4 N–H and O–H groups in total. The monoisotopic (exact) mass is 1740 g/mol. The first-order chi connectivity index (χ1) is 59.2. The summed E-state index contributed by atoms with van der Waals surface area (Å²) in [5.41, 5.74) is 6.56. The first-order valence-corrected chi connectivity index (χ1v) is 42.3. The van der Waals surface area contributed by atoms with Crippen molar-refractivity contribution in [3.8, 4) is 0 Å². The lowest BCUT2D eigenvalue weighted by Crippen LogP contribution is -2.40. The number of carbonyl (C=O) groups is 8. The van der Waals surface area contributed by atoms with Crippen molar-refractivity contribution in [2.75, 3.05) is 72.0 Å². The number of H-pyrrole nitrogens is 4. The topological polar surface area (TPSA) is 277 Å². The highest BCUT2D eigenvalue weighted by Crippen LogP contribution is 2.45. The van der Waals surface area contributed by atoms with Crippen LogP contribution in [0.5, 0.6) is 0 Å². The van der Waals surface area contributed by atoms with Gasteiger partial charge >= 0.3 is 24.7 Å². The summed E-state index contributed by atoms with van der Waals surface area (Å²) in [6.45, 7) is 13.9. The van der Waals surface area contributed by atoms with E-state index < -0.39 is 47.0 Å².